The minimum atomic E-state index is -0.880. The Morgan fingerprint density at radius 3 is 2.61 bits per heavy atom. The molecule has 1 aliphatic carbocycles. The number of carboxylic acid groups (broad SMARTS) is 1. The Kier molecular flexibility index (Phi) is 6.10. The van der Waals surface area contributed by atoms with Crippen molar-refractivity contribution in [3.8, 4) is 0 Å². The van der Waals surface area contributed by atoms with Crippen LogP contribution in [0, 0.1) is 12.8 Å². The zero-order chi connectivity index (χ0) is 17.0. The van der Waals surface area contributed by atoms with Gasteiger partial charge in [0.2, 0.25) is 0 Å². The van der Waals surface area contributed by atoms with Crippen LogP contribution in [0.4, 0.5) is 0 Å². The Hall–Kier alpha value is -1.49. The molecule has 5 heteroatoms. The van der Waals surface area contributed by atoms with Crippen LogP contribution in [0.2, 0.25) is 0 Å². The summed E-state index contributed by atoms with van der Waals surface area (Å²) in [5.41, 5.74) is 1.74. The number of carbonyl (C=O) groups excluding carboxylic acids is 1. The molecule has 0 aromatic heterocycles. The van der Waals surface area contributed by atoms with E-state index >= 15 is 0 Å². The molecular weight excluding hydrogens is 310 g/mol. The number of carboxylic acids is 1. The van der Waals surface area contributed by atoms with E-state index in [4.69, 9.17) is 5.11 Å². The molecule has 0 aliphatic heterocycles. The van der Waals surface area contributed by atoms with Gasteiger partial charge in [-0.05, 0) is 31.9 Å². The number of hydrogen-bond acceptors (Lipinski definition) is 3. The molecule has 0 heterocycles. The van der Waals surface area contributed by atoms with Gasteiger partial charge in [-0.15, -0.1) is 11.8 Å². The van der Waals surface area contributed by atoms with Crippen LogP contribution in [0.15, 0.2) is 23.1 Å². The van der Waals surface area contributed by atoms with Crippen molar-refractivity contribution in [1.82, 2.24) is 4.90 Å². The van der Waals surface area contributed by atoms with Gasteiger partial charge in [0.05, 0.1) is 11.5 Å². The summed E-state index contributed by atoms with van der Waals surface area (Å²) < 4.78 is 0. The Bertz CT molecular complexity index is 582. The monoisotopic (exact) mass is 335 g/mol. The van der Waals surface area contributed by atoms with Gasteiger partial charge in [-0.25, -0.2) is 0 Å². The van der Waals surface area contributed by atoms with E-state index in [1.165, 1.54) is 30.6 Å². The van der Waals surface area contributed by atoms with Gasteiger partial charge >= 0.3 is 5.97 Å². The van der Waals surface area contributed by atoms with Crippen molar-refractivity contribution in [2.75, 3.05) is 13.6 Å². The highest BCUT2D eigenvalue weighted by atomic mass is 32.2. The molecule has 1 saturated carbocycles. The fraction of sp³-hybridized carbons (Fsp3) is 0.556. The molecule has 2 rings (SSSR count). The summed E-state index contributed by atoms with van der Waals surface area (Å²) in [5, 5.41) is 9.62. The normalized spacial score (nSPS) is 16.3. The first kappa shape index (κ1) is 17.9. The first-order valence-corrected chi connectivity index (χ1v) is 9.02. The zero-order valence-electron chi connectivity index (χ0n) is 14.0. The van der Waals surface area contributed by atoms with Crippen LogP contribution in [-0.2, 0) is 4.79 Å². The third-order valence-corrected chi connectivity index (χ3v) is 5.69. The quantitative estimate of drug-likeness (QED) is 0.858. The number of amides is 1. The lowest BCUT2D eigenvalue weighted by Gasteiger charge is -2.22. The van der Waals surface area contributed by atoms with Gasteiger partial charge in [-0.3, -0.25) is 9.59 Å². The highest BCUT2D eigenvalue weighted by Crippen LogP contribution is 2.36. The molecular formula is C18H25NO3S. The number of rotatable bonds is 6. The maximum absolute atomic E-state index is 12.8. The van der Waals surface area contributed by atoms with Gasteiger partial charge in [0.25, 0.3) is 5.91 Å². The van der Waals surface area contributed by atoms with Crippen molar-refractivity contribution >= 4 is 23.6 Å². The molecule has 23 heavy (non-hydrogen) atoms. The molecule has 0 bridgehead atoms. The number of nitrogens with zero attached hydrogens (tertiary/aromatic N) is 1. The molecule has 0 radical (unpaired) electrons. The second-order valence-electron chi connectivity index (χ2n) is 6.45. The first-order chi connectivity index (χ1) is 10.9. The molecule has 126 valence electrons. The molecule has 1 aliphatic rings. The minimum Gasteiger partial charge on any atom is -0.481 e. The standard InChI is InChI=1S/C18H25NO3S/c1-12-8-9-16(23-14-6-4-5-7-14)15(10-12)17(20)19(3)11-13(2)18(21)22/h8-10,13-14H,4-7,11H2,1-3H3,(H,21,22). The van der Waals surface area contributed by atoms with Gasteiger partial charge in [0.15, 0.2) is 0 Å². The Morgan fingerprint density at radius 1 is 1.35 bits per heavy atom. The van der Waals surface area contributed by atoms with Crippen molar-refractivity contribution in [2.24, 2.45) is 5.92 Å². The highest BCUT2D eigenvalue weighted by molar-refractivity contribution is 8.00. The van der Waals surface area contributed by atoms with Crippen LogP contribution in [0.3, 0.4) is 0 Å². The van der Waals surface area contributed by atoms with E-state index in [9.17, 15) is 9.59 Å². The summed E-state index contributed by atoms with van der Waals surface area (Å²) in [6.45, 7) is 3.81. The van der Waals surface area contributed by atoms with Gasteiger partial charge < -0.3 is 10.0 Å². The molecule has 1 aromatic carbocycles. The molecule has 0 spiro atoms. The largest absolute Gasteiger partial charge is 0.481 e. The number of aliphatic carboxylic acids is 1. The van der Waals surface area contributed by atoms with Crippen LogP contribution in [-0.4, -0.2) is 40.7 Å². The second kappa shape index (κ2) is 7.86. The molecule has 0 saturated heterocycles. The minimum absolute atomic E-state index is 0.0951. The number of aryl methyl sites for hydroxylation is 1. The van der Waals surface area contributed by atoms with E-state index in [0.29, 0.717) is 10.8 Å². The van der Waals surface area contributed by atoms with Crippen LogP contribution in [0.25, 0.3) is 0 Å². The van der Waals surface area contributed by atoms with Crippen LogP contribution in [0.5, 0.6) is 0 Å². The molecule has 1 aromatic rings. The Balaban J connectivity index is 2.17. The Labute approximate surface area is 142 Å². The van der Waals surface area contributed by atoms with Crippen LogP contribution in [0.1, 0.15) is 48.5 Å². The van der Waals surface area contributed by atoms with Crippen molar-refractivity contribution in [2.45, 2.75) is 49.7 Å². The predicted octanol–water partition coefficient (Wildman–Crippen LogP) is 3.82. The number of benzene rings is 1. The molecule has 1 unspecified atom stereocenters. The van der Waals surface area contributed by atoms with Crippen molar-refractivity contribution in [3.05, 3.63) is 29.3 Å². The smallest absolute Gasteiger partial charge is 0.308 e. The van der Waals surface area contributed by atoms with Gasteiger partial charge in [0, 0.05) is 23.7 Å². The average Bonchev–Trinajstić information content (AvgIpc) is 3.01. The third-order valence-electron chi connectivity index (χ3n) is 4.28. The van der Waals surface area contributed by atoms with Crippen molar-refractivity contribution in [1.29, 1.82) is 0 Å². The van der Waals surface area contributed by atoms with Crippen LogP contribution >= 0.6 is 11.8 Å². The van der Waals surface area contributed by atoms with E-state index in [1.807, 2.05) is 25.1 Å². The fourth-order valence-electron chi connectivity index (χ4n) is 2.88. The maximum atomic E-state index is 12.8. The van der Waals surface area contributed by atoms with E-state index in [-0.39, 0.29) is 12.5 Å². The lowest BCUT2D eigenvalue weighted by molar-refractivity contribution is -0.141. The summed E-state index contributed by atoms with van der Waals surface area (Å²) in [4.78, 5) is 26.3. The molecule has 1 fully saturated rings. The Morgan fingerprint density at radius 2 is 2.00 bits per heavy atom. The number of hydrogen-bond donors (Lipinski definition) is 1. The van der Waals surface area contributed by atoms with Crippen molar-refractivity contribution in [3.63, 3.8) is 0 Å². The van der Waals surface area contributed by atoms with Gasteiger partial charge in [-0.2, -0.15) is 0 Å². The second-order valence-corrected chi connectivity index (χ2v) is 7.79. The summed E-state index contributed by atoms with van der Waals surface area (Å²) in [6.07, 6.45) is 4.95. The lowest BCUT2D eigenvalue weighted by Crippen LogP contribution is -2.34. The summed E-state index contributed by atoms with van der Waals surface area (Å²) in [6, 6.07) is 5.98. The van der Waals surface area contributed by atoms with E-state index in [0.717, 1.165) is 10.5 Å². The SMILES string of the molecule is Cc1ccc(SC2CCCC2)c(C(=O)N(C)CC(C)C(=O)O)c1. The summed E-state index contributed by atoms with van der Waals surface area (Å²) in [7, 11) is 1.67. The first-order valence-electron chi connectivity index (χ1n) is 8.14. The fourth-order valence-corrected chi connectivity index (χ4v) is 4.22. The van der Waals surface area contributed by atoms with Crippen molar-refractivity contribution < 1.29 is 14.7 Å². The predicted molar refractivity (Wildman–Crippen MR) is 93.1 cm³/mol. The number of thioether (sulfide) groups is 1. The third kappa shape index (κ3) is 4.74. The van der Waals surface area contributed by atoms with E-state index in [1.54, 1.807) is 25.7 Å². The van der Waals surface area contributed by atoms with E-state index < -0.39 is 11.9 Å². The zero-order valence-corrected chi connectivity index (χ0v) is 14.9. The van der Waals surface area contributed by atoms with Crippen LogP contribution < -0.4 is 0 Å². The summed E-state index contributed by atoms with van der Waals surface area (Å²) >= 11 is 1.79. The van der Waals surface area contributed by atoms with E-state index in [2.05, 4.69) is 0 Å². The van der Waals surface area contributed by atoms with Gasteiger partial charge in [-0.1, -0.05) is 31.4 Å². The topological polar surface area (TPSA) is 57.6 Å². The molecule has 1 N–H and O–H groups in total. The average molecular weight is 335 g/mol. The molecule has 1 amide bonds. The molecule has 1 atom stereocenters. The summed E-state index contributed by atoms with van der Waals surface area (Å²) in [5.74, 6) is -1.54. The van der Waals surface area contributed by atoms with Gasteiger partial charge in [0.1, 0.15) is 0 Å². The highest BCUT2D eigenvalue weighted by Gasteiger charge is 2.23. The lowest BCUT2D eigenvalue weighted by atomic mass is 10.1. The molecule has 4 nitrogen and oxygen atoms in total. The maximum Gasteiger partial charge on any atom is 0.308 e. The number of carbonyl (C=O) groups is 2.